The molecule has 3 aromatic rings. The normalized spacial score (nSPS) is 16.0. The number of nitrogens with one attached hydrogen (secondary N) is 1. The Kier molecular flexibility index (Phi) is 5.18. The zero-order valence-electron chi connectivity index (χ0n) is 15.6. The van der Waals surface area contributed by atoms with E-state index < -0.39 is 0 Å². The molecule has 0 unspecified atom stereocenters. The van der Waals surface area contributed by atoms with Crippen molar-refractivity contribution < 1.29 is 0 Å². The maximum absolute atomic E-state index is 6.09. The van der Waals surface area contributed by atoms with Gasteiger partial charge < -0.3 is 15.6 Å². The number of fused-ring (bicyclic) bond motifs is 2. The molecule has 1 aromatic carbocycles. The molecule has 0 amide bonds. The molecule has 0 spiro atoms. The lowest BCUT2D eigenvalue weighted by Crippen LogP contribution is -2.22. The Morgan fingerprint density at radius 3 is 2.86 bits per heavy atom. The first-order valence-electron chi connectivity index (χ1n) is 9.85. The average Bonchev–Trinajstić information content (AvgIpc) is 3.29. The smallest absolute Gasteiger partial charge is 0.175 e. The Labute approximate surface area is 182 Å². The zero-order valence-corrected chi connectivity index (χ0v) is 18.6. The monoisotopic (exact) mass is 506 g/mol. The van der Waals surface area contributed by atoms with Crippen molar-refractivity contribution in [3.63, 3.8) is 0 Å². The summed E-state index contributed by atoms with van der Waals surface area (Å²) in [5.74, 6) is 1.32. The van der Waals surface area contributed by atoms with E-state index in [1.165, 1.54) is 58.0 Å². The van der Waals surface area contributed by atoms with Crippen molar-refractivity contribution in [2.75, 3.05) is 18.8 Å². The fraction of sp³-hybridized carbons (Fsp3) is 0.450. The predicted octanol–water partition coefficient (Wildman–Crippen LogP) is 3.65. The van der Waals surface area contributed by atoms with E-state index in [0.29, 0.717) is 11.3 Å². The first-order valence-corrected chi connectivity index (χ1v) is 11.7. The van der Waals surface area contributed by atoms with Crippen LogP contribution in [0.2, 0.25) is 0 Å². The lowest BCUT2D eigenvalue weighted by molar-refractivity contribution is 0.558. The highest BCUT2D eigenvalue weighted by Gasteiger charge is 2.21. The van der Waals surface area contributed by atoms with Crippen molar-refractivity contribution >= 4 is 51.3 Å². The van der Waals surface area contributed by atoms with Gasteiger partial charge in [0.2, 0.25) is 0 Å². The van der Waals surface area contributed by atoms with Gasteiger partial charge in [-0.05, 0) is 90.4 Å². The Morgan fingerprint density at radius 1 is 1.21 bits per heavy atom. The fourth-order valence-electron chi connectivity index (χ4n) is 3.78. The summed E-state index contributed by atoms with van der Waals surface area (Å²) in [5.41, 5.74) is 10.6. The maximum Gasteiger partial charge on any atom is 0.175 e. The topological polar surface area (TPSA) is 81.7 Å². The van der Waals surface area contributed by atoms with E-state index in [9.17, 15) is 0 Å². The third-order valence-corrected chi connectivity index (χ3v) is 7.83. The highest BCUT2D eigenvalue weighted by molar-refractivity contribution is 14.1. The van der Waals surface area contributed by atoms with Gasteiger partial charge in [0.05, 0.1) is 0 Å². The Bertz CT molecular complexity index is 1030. The minimum absolute atomic E-state index is 0.445. The fourth-order valence-corrected chi connectivity index (χ4v) is 5.62. The minimum atomic E-state index is 0.445. The minimum Gasteiger partial charge on any atom is -0.382 e. The molecule has 8 heteroatoms. The summed E-state index contributed by atoms with van der Waals surface area (Å²) in [6, 6.07) is 4.68. The Balaban J connectivity index is 1.45. The summed E-state index contributed by atoms with van der Waals surface area (Å²) >= 11 is 4.15. The Hall–Kier alpha value is -1.39. The van der Waals surface area contributed by atoms with E-state index in [2.05, 4.69) is 54.6 Å². The van der Waals surface area contributed by atoms with Crippen LogP contribution in [-0.4, -0.2) is 32.6 Å². The summed E-state index contributed by atoms with van der Waals surface area (Å²) in [6.07, 6.45) is 7.90. The van der Waals surface area contributed by atoms with Crippen molar-refractivity contribution in [3.8, 4) is 0 Å². The second-order valence-corrected chi connectivity index (χ2v) is 9.80. The van der Waals surface area contributed by atoms with Crippen LogP contribution >= 0.6 is 34.4 Å². The van der Waals surface area contributed by atoms with Crippen LogP contribution in [0, 0.1) is 9.49 Å². The van der Waals surface area contributed by atoms with Gasteiger partial charge in [0.15, 0.2) is 22.1 Å². The standard InChI is InChI=1S/C20H23IN6S/c21-15-8-13-2-1-3-14(13)9-16(15)28-20-26-17-18(22)24-11-25-19(17)27(20)7-6-23-10-12-4-5-12/h8-9,11-12,23H,1-7,10H2,(H2,22,24,25). The number of nitrogens with two attached hydrogens (primary N) is 1. The Morgan fingerprint density at radius 2 is 2.04 bits per heavy atom. The van der Waals surface area contributed by atoms with Crippen LogP contribution < -0.4 is 11.1 Å². The van der Waals surface area contributed by atoms with Crippen LogP contribution in [0.25, 0.3) is 11.2 Å². The second kappa shape index (κ2) is 7.79. The number of imidazole rings is 1. The number of aryl methyl sites for hydroxylation is 2. The van der Waals surface area contributed by atoms with E-state index in [4.69, 9.17) is 10.7 Å². The van der Waals surface area contributed by atoms with Gasteiger partial charge in [-0.3, -0.25) is 0 Å². The summed E-state index contributed by atoms with van der Waals surface area (Å²) < 4.78 is 3.47. The summed E-state index contributed by atoms with van der Waals surface area (Å²) in [6.45, 7) is 2.83. The molecule has 2 heterocycles. The molecule has 1 saturated carbocycles. The molecule has 1 fully saturated rings. The number of hydrogen-bond donors (Lipinski definition) is 2. The lowest BCUT2D eigenvalue weighted by atomic mass is 10.1. The van der Waals surface area contributed by atoms with E-state index in [1.807, 2.05) is 0 Å². The average molecular weight is 506 g/mol. The van der Waals surface area contributed by atoms with Gasteiger partial charge in [0.25, 0.3) is 0 Å². The van der Waals surface area contributed by atoms with Gasteiger partial charge in [-0.15, -0.1) is 0 Å². The molecule has 2 aromatic heterocycles. The molecule has 2 aliphatic rings. The van der Waals surface area contributed by atoms with Crippen LogP contribution in [-0.2, 0) is 19.4 Å². The summed E-state index contributed by atoms with van der Waals surface area (Å²) in [4.78, 5) is 14.7. The van der Waals surface area contributed by atoms with Crippen molar-refractivity contribution in [1.82, 2.24) is 24.8 Å². The number of halogens is 1. The van der Waals surface area contributed by atoms with Gasteiger partial charge in [0.1, 0.15) is 6.33 Å². The van der Waals surface area contributed by atoms with Crippen molar-refractivity contribution in [1.29, 1.82) is 0 Å². The molecule has 6 nitrogen and oxygen atoms in total. The number of nitrogens with zero attached hydrogens (tertiary/aromatic N) is 4. The van der Waals surface area contributed by atoms with Crippen molar-refractivity contribution in [2.24, 2.45) is 5.92 Å². The van der Waals surface area contributed by atoms with Gasteiger partial charge in [-0.1, -0.05) is 11.8 Å². The highest BCUT2D eigenvalue weighted by atomic mass is 127. The van der Waals surface area contributed by atoms with Crippen LogP contribution in [0.3, 0.4) is 0 Å². The second-order valence-electron chi connectivity index (χ2n) is 7.63. The van der Waals surface area contributed by atoms with Gasteiger partial charge in [0, 0.05) is 21.6 Å². The molecule has 5 rings (SSSR count). The number of rotatable bonds is 7. The van der Waals surface area contributed by atoms with Gasteiger partial charge in [-0.25, -0.2) is 15.0 Å². The largest absolute Gasteiger partial charge is 0.382 e. The maximum atomic E-state index is 6.09. The summed E-state index contributed by atoms with van der Waals surface area (Å²) in [7, 11) is 0. The molecule has 2 aliphatic carbocycles. The summed E-state index contributed by atoms with van der Waals surface area (Å²) in [5, 5.41) is 4.50. The first kappa shape index (κ1) is 18.6. The van der Waals surface area contributed by atoms with E-state index in [-0.39, 0.29) is 0 Å². The molecule has 0 bridgehead atoms. The highest BCUT2D eigenvalue weighted by Crippen LogP contribution is 2.37. The number of aromatic nitrogens is 4. The van der Waals surface area contributed by atoms with E-state index >= 15 is 0 Å². The molecule has 0 radical (unpaired) electrons. The molecule has 146 valence electrons. The first-order chi connectivity index (χ1) is 13.7. The number of hydrogen-bond acceptors (Lipinski definition) is 6. The molecule has 0 atom stereocenters. The molecule has 28 heavy (non-hydrogen) atoms. The molecule has 0 saturated heterocycles. The van der Waals surface area contributed by atoms with Gasteiger partial charge in [-0.2, -0.15) is 0 Å². The van der Waals surface area contributed by atoms with Crippen LogP contribution in [0.5, 0.6) is 0 Å². The van der Waals surface area contributed by atoms with Crippen LogP contribution in [0.4, 0.5) is 5.82 Å². The zero-order chi connectivity index (χ0) is 19.1. The third-order valence-electron chi connectivity index (χ3n) is 5.52. The third kappa shape index (κ3) is 3.73. The number of anilines is 1. The van der Waals surface area contributed by atoms with Crippen molar-refractivity contribution in [2.45, 2.75) is 48.7 Å². The van der Waals surface area contributed by atoms with Gasteiger partial charge >= 0.3 is 0 Å². The number of benzene rings is 1. The molecule has 0 aliphatic heterocycles. The quantitative estimate of drug-likeness (QED) is 0.376. The van der Waals surface area contributed by atoms with Crippen molar-refractivity contribution in [3.05, 3.63) is 33.2 Å². The van der Waals surface area contributed by atoms with E-state index in [1.54, 1.807) is 11.8 Å². The molecular formula is C20H23IN6S. The van der Waals surface area contributed by atoms with E-state index in [0.717, 1.165) is 36.4 Å². The SMILES string of the molecule is Nc1ncnc2c1nc(Sc1cc3c(cc1I)CCC3)n2CCNCC1CC1. The van der Waals surface area contributed by atoms with Crippen LogP contribution in [0.15, 0.2) is 28.5 Å². The predicted molar refractivity (Wildman–Crippen MR) is 121 cm³/mol. The lowest BCUT2D eigenvalue weighted by Gasteiger charge is -2.11. The number of nitrogen functional groups attached to an aromatic ring is 1. The van der Waals surface area contributed by atoms with Crippen LogP contribution in [0.1, 0.15) is 30.4 Å². The molecular weight excluding hydrogens is 483 g/mol. The molecule has 3 N–H and O–H groups in total.